The van der Waals surface area contributed by atoms with Crippen LogP contribution in [-0.2, 0) is 15.9 Å². The van der Waals surface area contributed by atoms with Gasteiger partial charge in [0.15, 0.2) is 0 Å². The largest absolute Gasteiger partial charge is 0.457 e. The van der Waals surface area contributed by atoms with Crippen molar-refractivity contribution in [1.82, 2.24) is 9.80 Å². The maximum Gasteiger partial charge on any atom is 0.321 e. The van der Waals surface area contributed by atoms with E-state index < -0.39 is 6.03 Å². The number of primary amides is 1. The van der Waals surface area contributed by atoms with E-state index in [0.717, 1.165) is 73.3 Å². The lowest BCUT2D eigenvalue weighted by molar-refractivity contribution is -0.0522. The average molecular weight is 555 g/mol. The second-order valence-electron chi connectivity index (χ2n) is 9.12. The number of carbonyl (C=O) groups is 1. The van der Waals surface area contributed by atoms with Crippen molar-refractivity contribution in [2.45, 2.75) is 25.6 Å². The number of amides is 2. The van der Waals surface area contributed by atoms with E-state index in [2.05, 4.69) is 37.9 Å². The molecular weight excluding hydrogens is 524 g/mol. The Labute approximate surface area is 219 Å². The van der Waals surface area contributed by atoms with E-state index in [1.54, 1.807) is 6.26 Å². The number of fused-ring (bicyclic) bond motifs is 1. The van der Waals surface area contributed by atoms with Gasteiger partial charge in [-0.2, -0.15) is 0 Å². The van der Waals surface area contributed by atoms with Gasteiger partial charge in [0.2, 0.25) is 18.1 Å². The maximum atomic E-state index is 12.1. The quantitative estimate of drug-likeness (QED) is 0.379. The molecule has 2 aromatic carbocycles. The van der Waals surface area contributed by atoms with E-state index in [1.165, 1.54) is 10.5 Å². The first kappa shape index (κ1) is 24.5. The number of unbranched alkanes of at least 4 members (excludes halogenated alkanes) is 1. The molecule has 0 saturated carbocycles. The number of benzene rings is 2. The monoisotopic (exact) mass is 554 g/mol. The first-order valence-corrected chi connectivity index (χ1v) is 13.1. The number of anilines is 1. The molecule has 9 heteroatoms. The minimum atomic E-state index is -0.501. The highest BCUT2D eigenvalue weighted by atomic mass is 79.9. The van der Waals surface area contributed by atoms with E-state index in [1.807, 2.05) is 42.5 Å². The predicted octanol–water partition coefficient (Wildman–Crippen LogP) is 4.89. The number of halogens is 1. The van der Waals surface area contributed by atoms with Crippen molar-refractivity contribution in [3.63, 3.8) is 0 Å². The van der Waals surface area contributed by atoms with Crippen molar-refractivity contribution in [2.24, 2.45) is 5.73 Å². The summed E-state index contributed by atoms with van der Waals surface area (Å²) in [5.41, 5.74) is 7.58. The fourth-order valence-corrected chi connectivity index (χ4v) is 5.01. The molecule has 1 fully saturated rings. The molecule has 1 unspecified atom stereocenters. The minimum absolute atomic E-state index is 0.262. The van der Waals surface area contributed by atoms with Gasteiger partial charge in [-0.1, -0.05) is 46.3 Å². The third-order valence-corrected chi connectivity index (χ3v) is 7.10. The van der Waals surface area contributed by atoms with E-state index in [4.69, 9.17) is 19.6 Å². The zero-order valence-corrected chi connectivity index (χ0v) is 21.7. The molecule has 2 aliphatic heterocycles. The van der Waals surface area contributed by atoms with Crippen molar-refractivity contribution >= 4 is 38.8 Å². The molecule has 3 heterocycles. The fraction of sp³-hybridized carbons (Fsp3) is 0.370. The highest BCUT2D eigenvalue weighted by Crippen LogP contribution is 2.29. The van der Waals surface area contributed by atoms with Crippen LogP contribution in [0.4, 0.5) is 10.7 Å². The molecule has 36 heavy (non-hydrogen) atoms. The van der Waals surface area contributed by atoms with Crippen molar-refractivity contribution in [3.8, 4) is 0 Å². The van der Waals surface area contributed by atoms with E-state index >= 15 is 0 Å². The van der Waals surface area contributed by atoms with Gasteiger partial charge in [-0.25, -0.2) is 4.79 Å². The van der Waals surface area contributed by atoms with E-state index in [-0.39, 0.29) is 6.29 Å². The number of urea groups is 1. The summed E-state index contributed by atoms with van der Waals surface area (Å²) >= 11 is 3.46. The van der Waals surface area contributed by atoms with Crippen molar-refractivity contribution in [2.75, 3.05) is 44.2 Å². The first-order valence-electron chi connectivity index (χ1n) is 12.3. The van der Waals surface area contributed by atoms with Crippen LogP contribution in [0.15, 0.2) is 75.6 Å². The standard InChI is InChI=1S/C27H31BrN4O4/c28-22-8-9-23-21(17-22)18-24(35-23)32(27(29)33)11-5-4-10-30-12-14-31(15-13-30)25-19-34-26(36-25)16-20-6-2-1-3-7-20/h1-3,6-9,17-19,26H,4-5,10-16H2,(H2,29,33). The van der Waals surface area contributed by atoms with Gasteiger partial charge in [-0.15, -0.1) is 0 Å². The van der Waals surface area contributed by atoms with E-state index in [0.29, 0.717) is 12.4 Å². The molecule has 0 spiro atoms. The van der Waals surface area contributed by atoms with Gasteiger partial charge in [-0.05, 0) is 43.1 Å². The number of rotatable bonds is 9. The van der Waals surface area contributed by atoms with Crippen LogP contribution in [0.2, 0.25) is 0 Å². The molecule has 2 aliphatic rings. The van der Waals surface area contributed by atoms with Gasteiger partial charge >= 0.3 is 6.03 Å². The average Bonchev–Trinajstić information content (AvgIpc) is 3.51. The second-order valence-corrected chi connectivity index (χ2v) is 10.0. The Bertz CT molecular complexity index is 1210. The number of piperazine rings is 1. The second kappa shape index (κ2) is 11.3. The third kappa shape index (κ3) is 5.96. The summed E-state index contributed by atoms with van der Waals surface area (Å²) < 4.78 is 18.6. The van der Waals surface area contributed by atoms with Crippen molar-refractivity contribution in [3.05, 3.63) is 76.8 Å². The predicted molar refractivity (Wildman–Crippen MR) is 142 cm³/mol. The summed E-state index contributed by atoms with van der Waals surface area (Å²) in [6, 6.07) is 17.4. The van der Waals surface area contributed by atoms with Gasteiger partial charge < -0.3 is 24.5 Å². The molecule has 2 N–H and O–H groups in total. The molecule has 190 valence electrons. The summed E-state index contributed by atoms with van der Waals surface area (Å²) in [5, 5.41) is 0.932. The van der Waals surface area contributed by atoms with Crippen LogP contribution in [0, 0.1) is 0 Å². The number of ether oxygens (including phenoxy) is 2. The topological polar surface area (TPSA) is 84.4 Å². The molecule has 3 aromatic rings. The minimum Gasteiger partial charge on any atom is -0.457 e. The number of hydrogen-bond acceptors (Lipinski definition) is 6. The lowest BCUT2D eigenvalue weighted by atomic mass is 10.1. The molecular formula is C27H31BrN4O4. The molecule has 8 nitrogen and oxygen atoms in total. The molecule has 0 aliphatic carbocycles. The molecule has 2 amide bonds. The Morgan fingerprint density at radius 2 is 1.86 bits per heavy atom. The van der Waals surface area contributed by atoms with Crippen LogP contribution in [0.1, 0.15) is 18.4 Å². The lowest BCUT2D eigenvalue weighted by Gasteiger charge is -2.35. The summed E-state index contributed by atoms with van der Waals surface area (Å²) in [4.78, 5) is 18.3. The summed E-state index contributed by atoms with van der Waals surface area (Å²) in [6.07, 6.45) is 4.03. The molecule has 5 rings (SSSR count). The van der Waals surface area contributed by atoms with Gasteiger partial charge in [0.25, 0.3) is 0 Å². The fourth-order valence-electron chi connectivity index (χ4n) is 4.63. The normalized spacial score (nSPS) is 18.1. The Kier molecular flexibility index (Phi) is 7.67. The van der Waals surface area contributed by atoms with Crippen molar-refractivity contribution < 1.29 is 18.7 Å². The lowest BCUT2D eigenvalue weighted by Crippen LogP contribution is -2.46. The van der Waals surface area contributed by atoms with Gasteiger partial charge in [0.05, 0.1) is 0 Å². The molecule has 0 bridgehead atoms. The SMILES string of the molecule is NC(=O)N(CCCCN1CCN(C2=COC(Cc3ccccc3)O2)CC1)c1cc2cc(Br)ccc2o1. The smallest absolute Gasteiger partial charge is 0.321 e. The first-order chi connectivity index (χ1) is 17.5. The van der Waals surface area contributed by atoms with Gasteiger partial charge in [0.1, 0.15) is 11.8 Å². The Hall–Kier alpha value is -3.17. The van der Waals surface area contributed by atoms with Crippen LogP contribution in [-0.4, -0.2) is 61.4 Å². The number of hydrogen-bond donors (Lipinski definition) is 1. The zero-order chi connectivity index (χ0) is 24.9. The summed E-state index contributed by atoms with van der Waals surface area (Å²) in [7, 11) is 0. The van der Waals surface area contributed by atoms with E-state index in [9.17, 15) is 4.79 Å². The Morgan fingerprint density at radius 3 is 2.64 bits per heavy atom. The Morgan fingerprint density at radius 1 is 1.06 bits per heavy atom. The van der Waals surface area contributed by atoms with Crippen LogP contribution >= 0.6 is 15.9 Å². The third-order valence-electron chi connectivity index (χ3n) is 6.61. The van der Waals surface area contributed by atoms with Gasteiger partial charge in [0, 0.05) is 55.1 Å². The number of nitrogens with zero attached hydrogens (tertiary/aromatic N) is 3. The van der Waals surface area contributed by atoms with Crippen LogP contribution in [0.3, 0.4) is 0 Å². The Balaban J connectivity index is 1.03. The summed E-state index contributed by atoms with van der Waals surface area (Å²) in [5.74, 6) is 1.31. The number of carbonyl (C=O) groups excluding carboxylic acids is 1. The number of nitrogens with two attached hydrogens (primary N) is 1. The molecule has 0 radical (unpaired) electrons. The highest BCUT2D eigenvalue weighted by molar-refractivity contribution is 9.10. The zero-order valence-electron chi connectivity index (χ0n) is 20.1. The summed E-state index contributed by atoms with van der Waals surface area (Å²) in [6.45, 7) is 5.21. The van der Waals surface area contributed by atoms with Crippen LogP contribution in [0.25, 0.3) is 11.0 Å². The van der Waals surface area contributed by atoms with Crippen molar-refractivity contribution in [1.29, 1.82) is 0 Å². The highest BCUT2D eigenvalue weighted by Gasteiger charge is 2.27. The molecule has 1 saturated heterocycles. The van der Waals surface area contributed by atoms with Crippen LogP contribution in [0.5, 0.6) is 0 Å². The van der Waals surface area contributed by atoms with Crippen LogP contribution < -0.4 is 10.6 Å². The number of furan rings is 1. The molecule has 1 atom stereocenters. The van der Waals surface area contributed by atoms with Gasteiger partial charge in [-0.3, -0.25) is 9.80 Å². The maximum absolute atomic E-state index is 12.1. The molecule has 1 aromatic heterocycles.